The van der Waals surface area contributed by atoms with E-state index < -0.39 is 0 Å². The molecule has 1 aromatic carbocycles. The van der Waals surface area contributed by atoms with Crippen LogP contribution in [-0.4, -0.2) is 18.6 Å². The van der Waals surface area contributed by atoms with Crippen molar-refractivity contribution in [3.05, 3.63) is 58.7 Å². The Bertz CT molecular complexity index is 513. The van der Waals surface area contributed by atoms with Crippen LogP contribution in [0.15, 0.2) is 42.6 Å². The van der Waals surface area contributed by atoms with Gasteiger partial charge in [0.1, 0.15) is 0 Å². The maximum atomic E-state index is 5.90. The lowest BCUT2D eigenvalue weighted by atomic mass is 9.92. The molecule has 0 radical (unpaired) electrons. The zero-order valence-corrected chi connectivity index (χ0v) is 10.9. The zero-order valence-electron chi connectivity index (χ0n) is 10.1. The number of hydrogen-bond acceptors (Lipinski definition) is 3. The highest BCUT2D eigenvalue weighted by Gasteiger charge is 2.17. The Balaban J connectivity index is 2.41. The number of ether oxygens (including phenoxy) is 1. The van der Waals surface area contributed by atoms with E-state index in [9.17, 15) is 0 Å². The number of rotatable bonds is 4. The van der Waals surface area contributed by atoms with E-state index in [2.05, 4.69) is 4.98 Å². The first-order valence-electron chi connectivity index (χ1n) is 5.70. The van der Waals surface area contributed by atoms with Crippen LogP contribution < -0.4 is 10.5 Å². The first kappa shape index (κ1) is 12.9. The van der Waals surface area contributed by atoms with Crippen LogP contribution in [0.2, 0.25) is 5.02 Å². The van der Waals surface area contributed by atoms with Gasteiger partial charge in [0, 0.05) is 29.2 Å². The highest BCUT2D eigenvalue weighted by molar-refractivity contribution is 6.30. The van der Waals surface area contributed by atoms with Gasteiger partial charge in [-0.3, -0.25) is 0 Å². The molecule has 0 aliphatic carbocycles. The number of pyridine rings is 1. The second-order valence-corrected chi connectivity index (χ2v) is 4.38. The molecule has 0 spiro atoms. The molecule has 0 saturated carbocycles. The molecule has 0 aliphatic heterocycles. The van der Waals surface area contributed by atoms with Crippen molar-refractivity contribution in [2.75, 3.05) is 13.7 Å². The molecule has 2 N–H and O–H groups in total. The first-order chi connectivity index (χ1) is 8.76. The first-order valence-corrected chi connectivity index (χ1v) is 6.08. The van der Waals surface area contributed by atoms with E-state index in [1.165, 1.54) is 0 Å². The summed E-state index contributed by atoms with van der Waals surface area (Å²) in [5.41, 5.74) is 7.98. The molecule has 1 aromatic heterocycles. The molecule has 4 heteroatoms. The average molecular weight is 263 g/mol. The van der Waals surface area contributed by atoms with Gasteiger partial charge in [0.15, 0.2) is 0 Å². The van der Waals surface area contributed by atoms with Gasteiger partial charge in [-0.2, -0.15) is 0 Å². The van der Waals surface area contributed by atoms with Crippen LogP contribution in [0.25, 0.3) is 0 Å². The van der Waals surface area contributed by atoms with E-state index in [-0.39, 0.29) is 5.92 Å². The number of nitrogens with two attached hydrogens (primary N) is 1. The Morgan fingerprint density at radius 3 is 2.61 bits per heavy atom. The molecule has 18 heavy (non-hydrogen) atoms. The molecule has 2 aromatic rings. The van der Waals surface area contributed by atoms with Gasteiger partial charge in [-0.15, -0.1) is 0 Å². The fraction of sp³-hybridized carbons (Fsp3) is 0.214. The fourth-order valence-corrected chi connectivity index (χ4v) is 2.10. The highest BCUT2D eigenvalue weighted by Crippen LogP contribution is 2.29. The summed E-state index contributed by atoms with van der Waals surface area (Å²) in [5, 5.41) is 0.715. The standard InChI is InChI=1S/C14H15ClN2O/c1-18-14-12(3-2-8-17-14)13(9-16)10-4-6-11(15)7-5-10/h2-8,13H,9,16H2,1H3. The van der Waals surface area contributed by atoms with Crippen LogP contribution in [-0.2, 0) is 0 Å². The van der Waals surface area contributed by atoms with Crippen molar-refractivity contribution < 1.29 is 4.74 Å². The molecule has 3 nitrogen and oxygen atoms in total. The van der Waals surface area contributed by atoms with Crippen molar-refractivity contribution in [1.29, 1.82) is 0 Å². The minimum absolute atomic E-state index is 0.0610. The van der Waals surface area contributed by atoms with Crippen molar-refractivity contribution in [3.63, 3.8) is 0 Å². The largest absolute Gasteiger partial charge is 0.481 e. The topological polar surface area (TPSA) is 48.1 Å². The predicted molar refractivity (Wildman–Crippen MR) is 73.1 cm³/mol. The third-order valence-electron chi connectivity index (χ3n) is 2.88. The molecule has 0 fully saturated rings. The van der Waals surface area contributed by atoms with Crippen molar-refractivity contribution in [2.45, 2.75) is 5.92 Å². The summed E-state index contributed by atoms with van der Waals surface area (Å²) in [7, 11) is 1.61. The second-order valence-electron chi connectivity index (χ2n) is 3.94. The SMILES string of the molecule is COc1ncccc1C(CN)c1ccc(Cl)cc1. The summed E-state index contributed by atoms with van der Waals surface area (Å²) in [6.07, 6.45) is 1.71. The number of hydrogen-bond donors (Lipinski definition) is 1. The molecular weight excluding hydrogens is 248 g/mol. The maximum absolute atomic E-state index is 5.90. The lowest BCUT2D eigenvalue weighted by molar-refractivity contribution is 0.390. The van der Waals surface area contributed by atoms with Gasteiger partial charge >= 0.3 is 0 Å². The van der Waals surface area contributed by atoms with Crippen LogP contribution in [0.1, 0.15) is 17.0 Å². The predicted octanol–water partition coefficient (Wildman–Crippen LogP) is 2.83. The fourth-order valence-electron chi connectivity index (χ4n) is 1.98. The van der Waals surface area contributed by atoms with Crippen molar-refractivity contribution >= 4 is 11.6 Å². The monoisotopic (exact) mass is 262 g/mol. The second kappa shape index (κ2) is 5.85. The Kier molecular flexibility index (Phi) is 4.18. The van der Waals surface area contributed by atoms with Gasteiger partial charge in [-0.05, 0) is 23.8 Å². The quantitative estimate of drug-likeness (QED) is 0.922. The summed E-state index contributed by atoms with van der Waals surface area (Å²) >= 11 is 5.90. The van der Waals surface area contributed by atoms with Crippen LogP contribution >= 0.6 is 11.6 Å². The zero-order chi connectivity index (χ0) is 13.0. The highest BCUT2D eigenvalue weighted by atomic mass is 35.5. The van der Waals surface area contributed by atoms with E-state index in [0.717, 1.165) is 11.1 Å². The molecule has 0 saturated heterocycles. The van der Waals surface area contributed by atoms with E-state index in [1.807, 2.05) is 36.4 Å². The Hall–Kier alpha value is -1.58. The number of aromatic nitrogens is 1. The van der Waals surface area contributed by atoms with Crippen LogP contribution in [0.3, 0.4) is 0 Å². The minimum Gasteiger partial charge on any atom is -0.481 e. The molecule has 1 unspecified atom stereocenters. The molecule has 0 aliphatic rings. The smallest absolute Gasteiger partial charge is 0.216 e. The van der Waals surface area contributed by atoms with E-state index in [0.29, 0.717) is 17.4 Å². The third-order valence-corrected chi connectivity index (χ3v) is 3.13. The summed E-state index contributed by atoms with van der Waals surface area (Å²) in [5.74, 6) is 0.675. The summed E-state index contributed by atoms with van der Waals surface area (Å²) in [6.45, 7) is 0.490. The van der Waals surface area contributed by atoms with Gasteiger partial charge < -0.3 is 10.5 Å². The molecule has 2 rings (SSSR count). The average Bonchev–Trinajstić information content (AvgIpc) is 2.42. The van der Waals surface area contributed by atoms with Gasteiger partial charge in [0.25, 0.3) is 0 Å². The van der Waals surface area contributed by atoms with E-state index in [4.69, 9.17) is 22.1 Å². The molecule has 0 bridgehead atoms. The van der Waals surface area contributed by atoms with Crippen LogP contribution in [0.5, 0.6) is 5.88 Å². The summed E-state index contributed by atoms with van der Waals surface area (Å²) in [4.78, 5) is 4.21. The molecular formula is C14H15ClN2O. The van der Waals surface area contributed by atoms with Crippen molar-refractivity contribution in [2.24, 2.45) is 5.73 Å². The van der Waals surface area contributed by atoms with Crippen molar-refractivity contribution in [1.82, 2.24) is 4.98 Å². The van der Waals surface area contributed by atoms with E-state index >= 15 is 0 Å². The summed E-state index contributed by atoms with van der Waals surface area (Å²) < 4.78 is 5.28. The van der Waals surface area contributed by atoms with Gasteiger partial charge in [0.2, 0.25) is 5.88 Å². The Morgan fingerprint density at radius 1 is 1.28 bits per heavy atom. The molecule has 1 heterocycles. The maximum Gasteiger partial charge on any atom is 0.216 e. The Morgan fingerprint density at radius 2 is 2.00 bits per heavy atom. The van der Waals surface area contributed by atoms with Crippen LogP contribution in [0, 0.1) is 0 Å². The minimum atomic E-state index is 0.0610. The third kappa shape index (κ3) is 2.63. The lowest BCUT2D eigenvalue weighted by Gasteiger charge is -2.17. The van der Waals surface area contributed by atoms with Crippen LogP contribution in [0.4, 0.5) is 0 Å². The normalized spacial score (nSPS) is 12.2. The number of benzene rings is 1. The summed E-state index contributed by atoms with van der Waals surface area (Å²) in [6, 6.07) is 11.6. The van der Waals surface area contributed by atoms with Gasteiger partial charge in [-0.25, -0.2) is 4.98 Å². The van der Waals surface area contributed by atoms with Gasteiger partial charge in [-0.1, -0.05) is 29.8 Å². The number of nitrogens with zero attached hydrogens (tertiary/aromatic N) is 1. The van der Waals surface area contributed by atoms with Gasteiger partial charge in [0.05, 0.1) is 7.11 Å². The molecule has 0 amide bonds. The van der Waals surface area contributed by atoms with E-state index in [1.54, 1.807) is 13.3 Å². The molecule has 1 atom stereocenters. The Labute approximate surface area is 112 Å². The number of methoxy groups -OCH3 is 1. The van der Waals surface area contributed by atoms with Crippen molar-refractivity contribution in [3.8, 4) is 5.88 Å². The molecule has 94 valence electrons. The lowest BCUT2D eigenvalue weighted by Crippen LogP contribution is -2.15. The number of halogens is 1.